The fourth-order valence-electron chi connectivity index (χ4n) is 2.19. The molecule has 110 valence electrons. The summed E-state index contributed by atoms with van der Waals surface area (Å²) in [6.07, 6.45) is 3.44. The minimum atomic E-state index is -0.0109. The lowest BCUT2D eigenvalue weighted by Gasteiger charge is -2.22. The number of hydrogen-bond acceptors (Lipinski definition) is 3. The van der Waals surface area contributed by atoms with Gasteiger partial charge < -0.3 is 15.4 Å². The van der Waals surface area contributed by atoms with Gasteiger partial charge >= 0.3 is 0 Å². The number of carbonyl (C=O) groups is 1. The predicted molar refractivity (Wildman–Crippen MR) is 88.0 cm³/mol. The molecule has 2 rings (SSSR count). The number of amides is 1. The van der Waals surface area contributed by atoms with Crippen LogP contribution in [0.15, 0.2) is 24.3 Å². The highest BCUT2D eigenvalue weighted by molar-refractivity contribution is 14.1. The van der Waals surface area contributed by atoms with Gasteiger partial charge in [0, 0.05) is 22.3 Å². The number of piperidine rings is 1. The van der Waals surface area contributed by atoms with Crippen LogP contribution in [0.3, 0.4) is 0 Å². The van der Waals surface area contributed by atoms with E-state index in [0.29, 0.717) is 18.2 Å². The molecule has 1 saturated heterocycles. The molecule has 1 heterocycles. The molecule has 0 unspecified atom stereocenters. The van der Waals surface area contributed by atoms with E-state index in [4.69, 9.17) is 4.74 Å². The average molecular weight is 388 g/mol. The SMILES string of the molecule is O=C(NCCCOC1CCNCC1)c1ccc(I)cc1. The van der Waals surface area contributed by atoms with Gasteiger partial charge in [0.1, 0.15) is 0 Å². The molecule has 0 radical (unpaired) electrons. The maximum Gasteiger partial charge on any atom is 0.251 e. The van der Waals surface area contributed by atoms with Gasteiger partial charge in [-0.05, 0) is 79.2 Å². The van der Waals surface area contributed by atoms with Crippen LogP contribution >= 0.6 is 22.6 Å². The Kier molecular flexibility index (Phi) is 6.75. The maximum atomic E-state index is 11.9. The molecular weight excluding hydrogens is 367 g/mol. The summed E-state index contributed by atoms with van der Waals surface area (Å²) in [5, 5.41) is 6.24. The fourth-order valence-corrected chi connectivity index (χ4v) is 2.55. The molecule has 20 heavy (non-hydrogen) atoms. The lowest BCUT2D eigenvalue weighted by atomic mass is 10.1. The lowest BCUT2D eigenvalue weighted by Crippen LogP contribution is -2.33. The minimum absolute atomic E-state index is 0.0109. The maximum absolute atomic E-state index is 11.9. The van der Waals surface area contributed by atoms with E-state index in [0.717, 1.165) is 42.5 Å². The third kappa shape index (κ3) is 5.38. The zero-order chi connectivity index (χ0) is 14.2. The normalized spacial score (nSPS) is 16.1. The molecule has 1 aliphatic heterocycles. The van der Waals surface area contributed by atoms with Crippen molar-refractivity contribution in [3.8, 4) is 0 Å². The van der Waals surface area contributed by atoms with Crippen molar-refractivity contribution in [3.63, 3.8) is 0 Å². The molecule has 5 heteroatoms. The highest BCUT2D eigenvalue weighted by Crippen LogP contribution is 2.08. The van der Waals surface area contributed by atoms with Gasteiger partial charge in [-0.3, -0.25) is 4.79 Å². The van der Waals surface area contributed by atoms with E-state index in [-0.39, 0.29) is 5.91 Å². The first-order valence-corrected chi connectivity index (χ1v) is 8.19. The fraction of sp³-hybridized carbons (Fsp3) is 0.533. The average Bonchev–Trinajstić information content (AvgIpc) is 2.48. The van der Waals surface area contributed by atoms with Crippen LogP contribution in [-0.2, 0) is 4.74 Å². The zero-order valence-electron chi connectivity index (χ0n) is 11.5. The summed E-state index contributed by atoms with van der Waals surface area (Å²) in [4.78, 5) is 11.9. The molecule has 0 aliphatic carbocycles. The number of hydrogen-bond donors (Lipinski definition) is 2. The molecule has 2 N–H and O–H groups in total. The number of rotatable bonds is 6. The second kappa shape index (κ2) is 8.59. The minimum Gasteiger partial charge on any atom is -0.378 e. The molecule has 0 saturated carbocycles. The highest BCUT2D eigenvalue weighted by atomic mass is 127. The topological polar surface area (TPSA) is 50.4 Å². The van der Waals surface area contributed by atoms with Gasteiger partial charge in [0.05, 0.1) is 6.10 Å². The molecule has 1 amide bonds. The number of carbonyl (C=O) groups excluding carboxylic acids is 1. The van der Waals surface area contributed by atoms with E-state index in [1.165, 1.54) is 0 Å². The van der Waals surface area contributed by atoms with Crippen molar-refractivity contribution in [1.82, 2.24) is 10.6 Å². The van der Waals surface area contributed by atoms with Crippen LogP contribution in [0.25, 0.3) is 0 Å². The Morgan fingerprint density at radius 3 is 2.70 bits per heavy atom. The Morgan fingerprint density at radius 2 is 2.00 bits per heavy atom. The van der Waals surface area contributed by atoms with Crippen molar-refractivity contribution in [1.29, 1.82) is 0 Å². The van der Waals surface area contributed by atoms with Crippen molar-refractivity contribution in [2.75, 3.05) is 26.2 Å². The number of halogens is 1. The van der Waals surface area contributed by atoms with Gasteiger partial charge in [-0.25, -0.2) is 0 Å². The first-order chi connectivity index (χ1) is 9.75. The van der Waals surface area contributed by atoms with E-state index in [2.05, 4.69) is 33.2 Å². The molecule has 1 aromatic rings. The monoisotopic (exact) mass is 388 g/mol. The van der Waals surface area contributed by atoms with Gasteiger partial charge in [-0.15, -0.1) is 0 Å². The van der Waals surface area contributed by atoms with Crippen molar-refractivity contribution in [3.05, 3.63) is 33.4 Å². The van der Waals surface area contributed by atoms with Crippen molar-refractivity contribution < 1.29 is 9.53 Å². The van der Waals surface area contributed by atoms with Crippen molar-refractivity contribution >= 4 is 28.5 Å². The zero-order valence-corrected chi connectivity index (χ0v) is 13.7. The predicted octanol–water partition coefficient (Wildman–Crippen LogP) is 2.18. The van der Waals surface area contributed by atoms with E-state index in [1.807, 2.05) is 24.3 Å². The lowest BCUT2D eigenvalue weighted by molar-refractivity contribution is 0.0318. The molecule has 0 aromatic heterocycles. The summed E-state index contributed by atoms with van der Waals surface area (Å²) in [6.45, 7) is 3.48. The number of benzene rings is 1. The van der Waals surface area contributed by atoms with E-state index in [1.54, 1.807) is 0 Å². The molecule has 0 spiro atoms. The molecule has 4 nitrogen and oxygen atoms in total. The summed E-state index contributed by atoms with van der Waals surface area (Å²) in [5.74, 6) is -0.0109. The van der Waals surface area contributed by atoms with Crippen LogP contribution in [0.5, 0.6) is 0 Å². The summed E-state index contributed by atoms with van der Waals surface area (Å²) >= 11 is 2.23. The van der Waals surface area contributed by atoms with Crippen molar-refractivity contribution in [2.45, 2.75) is 25.4 Å². The highest BCUT2D eigenvalue weighted by Gasteiger charge is 2.12. The van der Waals surface area contributed by atoms with E-state index >= 15 is 0 Å². The second-order valence-corrected chi connectivity index (χ2v) is 6.18. The summed E-state index contributed by atoms with van der Waals surface area (Å²) in [6, 6.07) is 7.58. The standard InChI is InChI=1S/C15H21IN2O2/c16-13-4-2-12(3-5-13)15(19)18-8-1-11-20-14-6-9-17-10-7-14/h2-5,14,17H,1,6-11H2,(H,18,19). The Morgan fingerprint density at radius 1 is 1.30 bits per heavy atom. The molecule has 1 aliphatic rings. The number of ether oxygens (including phenoxy) is 1. The van der Waals surface area contributed by atoms with E-state index in [9.17, 15) is 4.79 Å². The second-order valence-electron chi connectivity index (χ2n) is 4.94. The van der Waals surface area contributed by atoms with Crippen LogP contribution in [-0.4, -0.2) is 38.3 Å². The Labute approximate surface area is 133 Å². The molecular formula is C15H21IN2O2. The Bertz CT molecular complexity index is 416. The quantitative estimate of drug-likeness (QED) is 0.580. The number of nitrogens with one attached hydrogen (secondary N) is 2. The van der Waals surface area contributed by atoms with Crippen LogP contribution < -0.4 is 10.6 Å². The third-order valence-electron chi connectivity index (χ3n) is 3.35. The van der Waals surface area contributed by atoms with Crippen LogP contribution in [0.2, 0.25) is 0 Å². The van der Waals surface area contributed by atoms with Crippen LogP contribution in [0.4, 0.5) is 0 Å². The van der Waals surface area contributed by atoms with Crippen LogP contribution in [0.1, 0.15) is 29.6 Å². The van der Waals surface area contributed by atoms with E-state index < -0.39 is 0 Å². The Hall–Kier alpha value is -0.660. The van der Waals surface area contributed by atoms with Gasteiger partial charge in [-0.1, -0.05) is 0 Å². The van der Waals surface area contributed by atoms with Gasteiger partial charge in [-0.2, -0.15) is 0 Å². The molecule has 0 atom stereocenters. The smallest absolute Gasteiger partial charge is 0.251 e. The molecule has 1 aromatic carbocycles. The first-order valence-electron chi connectivity index (χ1n) is 7.12. The van der Waals surface area contributed by atoms with Crippen LogP contribution in [0, 0.1) is 3.57 Å². The van der Waals surface area contributed by atoms with Gasteiger partial charge in [0.15, 0.2) is 0 Å². The molecule has 1 fully saturated rings. The summed E-state index contributed by atoms with van der Waals surface area (Å²) < 4.78 is 6.93. The third-order valence-corrected chi connectivity index (χ3v) is 4.07. The summed E-state index contributed by atoms with van der Waals surface area (Å²) in [5.41, 5.74) is 0.713. The Balaban J connectivity index is 1.58. The van der Waals surface area contributed by atoms with Crippen molar-refractivity contribution in [2.24, 2.45) is 0 Å². The molecule has 0 bridgehead atoms. The first kappa shape index (κ1) is 15.7. The summed E-state index contributed by atoms with van der Waals surface area (Å²) in [7, 11) is 0. The largest absolute Gasteiger partial charge is 0.378 e. The van der Waals surface area contributed by atoms with Gasteiger partial charge in [0.2, 0.25) is 0 Å². The van der Waals surface area contributed by atoms with Gasteiger partial charge in [0.25, 0.3) is 5.91 Å².